The van der Waals surface area contributed by atoms with Crippen molar-refractivity contribution in [1.29, 1.82) is 0 Å². The second-order valence-corrected chi connectivity index (χ2v) is 3.62. The van der Waals surface area contributed by atoms with Crippen LogP contribution in [-0.2, 0) is 4.79 Å². The molecule has 0 amide bonds. The fourth-order valence-electron chi connectivity index (χ4n) is 0.949. The van der Waals surface area contributed by atoms with E-state index in [1.807, 2.05) is 0 Å². The maximum atomic E-state index is 12.9. The van der Waals surface area contributed by atoms with Gasteiger partial charge in [-0.3, -0.25) is 4.79 Å². The zero-order valence-corrected chi connectivity index (χ0v) is 8.24. The molecule has 12 heavy (non-hydrogen) atoms. The molecule has 5 heteroatoms. The number of nitrogens with two attached hydrogens (primary N) is 1. The van der Waals surface area contributed by atoms with Crippen LogP contribution in [0.15, 0.2) is 0 Å². The van der Waals surface area contributed by atoms with E-state index in [2.05, 4.69) is 0 Å². The van der Waals surface area contributed by atoms with Crippen molar-refractivity contribution in [2.75, 3.05) is 0 Å². The highest BCUT2D eigenvalue weighted by Gasteiger charge is 2.35. The van der Waals surface area contributed by atoms with Crippen LogP contribution in [0.25, 0.3) is 0 Å². The van der Waals surface area contributed by atoms with Crippen LogP contribution in [0.2, 0.25) is 0 Å². The standard InChI is InChI=1S/C7H14FNO2.ClH/c1-6(2,8)4-7(3,9)5(10)11;/h4,9H2,1-3H3,(H,10,11);1H/t7-;/m0./s1. The Morgan fingerprint density at radius 2 is 1.83 bits per heavy atom. The van der Waals surface area contributed by atoms with Gasteiger partial charge in [-0.25, -0.2) is 4.39 Å². The van der Waals surface area contributed by atoms with Crippen LogP contribution < -0.4 is 5.73 Å². The first-order chi connectivity index (χ1) is 4.65. The minimum Gasteiger partial charge on any atom is -0.480 e. The SMILES string of the molecule is CC(C)(F)C[C@](C)(N)C(=O)O.Cl. The van der Waals surface area contributed by atoms with Crippen molar-refractivity contribution in [3.63, 3.8) is 0 Å². The second kappa shape index (κ2) is 4.05. The van der Waals surface area contributed by atoms with Crippen LogP contribution in [0, 0.1) is 0 Å². The highest BCUT2D eigenvalue weighted by Crippen LogP contribution is 2.21. The maximum absolute atomic E-state index is 12.9. The molecule has 0 aliphatic rings. The van der Waals surface area contributed by atoms with E-state index in [4.69, 9.17) is 10.8 Å². The predicted molar refractivity (Wildman–Crippen MR) is 47.3 cm³/mol. The lowest BCUT2D eigenvalue weighted by atomic mass is 9.90. The second-order valence-electron chi connectivity index (χ2n) is 3.62. The normalized spacial score (nSPS) is 16.1. The van der Waals surface area contributed by atoms with E-state index in [1.54, 1.807) is 0 Å². The van der Waals surface area contributed by atoms with Gasteiger partial charge in [0.15, 0.2) is 0 Å². The van der Waals surface area contributed by atoms with Crippen molar-refractivity contribution in [3.8, 4) is 0 Å². The molecule has 0 unspecified atom stereocenters. The first kappa shape index (κ1) is 14.2. The third-order valence-electron chi connectivity index (χ3n) is 1.28. The molecule has 0 aromatic rings. The summed E-state index contributed by atoms with van der Waals surface area (Å²) in [6, 6.07) is 0. The molecular formula is C7H15ClFNO2. The molecule has 0 radical (unpaired) electrons. The fraction of sp³-hybridized carbons (Fsp3) is 0.857. The Morgan fingerprint density at radius 3 is 1.92 bits per heavy atom. The van der Waals surface area contributed by atoms with Gasteiger partial charge in [-0.05, 0) is 20.8 Å². The van der Waals surface area contributed by atoms with Gasteiger partial charge in [0.05, 0.1) is 0 Å². The molecular weight excluding hydrogens is 185 g/mol. The van der Waals surface area contributed by atoms with Gasteiger partial charge < -0.3 is 10.8 Å². The molecule has 0 spiro atoms. The summed E-state index contributed by atoms with van der Waals surface area (Å²) in [5, 5.41) is 8.51. The van der Waals surface area contributed by atoms with E-state index < -0.39 is 17.2 Å². The van der Waals surface area contributed by atoms with Crippen molar-refractivity contribution in [2.24, 2.45) is 5.73 Å². The Kier molecular flexibility index (Phi) is 4.79. The average Bonchev–Trinajstić information content (AvgIpc) is 1.56. The van der Waals surface area contributed by atoms with Crippen LogP contribution in [-0.4, -0.2) is 22.3 Å². The first-order valence-electron chi connectivity index (χ1n) is 3.36. The number of carboxylic acids is 1. The molecule has 3 nitrogen and oxygen atoms in total. The molecule has 0 fully saturated rings. The van der Waals surface area contributed by atoms with E-state index in [9.17, 15) is 9.18 Å². The molecule has 0 saturated carbocycles. The molecule has 0 bridgehead atoms. The van der Waals surface area contributed by atoms with Gasteiger partial charge >= 0.3 is 5.97 Å². The monoisotopic (exact) mass is 199 g/mol. The minimum absolute atomic E-state index is 0. The molecule has 0 aromatic carbocycles. The Labute approximate surface area is 77.5 Å². The number of hydrogen-bond donors (Lipinski definition) is 2. The van der Waals surface area contributed by atoms with Crippen molar-refractivity contribution < 1.29 is 14.3 Å². The largest absolute Gasteiger partial charge is 0.480 e. The first-order valence-corrected chi connectivity index (χ1v) is 3.36. The molecule has 1 atom stereocenters. The highest BCUT2D eigenvalue weighted by atomic mass is 35.5. The van der Waals surface area contributed by atoms with E-state index in [-0.39, 0.29) is 18.8 Å². The number of rotatable bonds is 3. The van der Waals surface area contributed by atoms with Crippen LogP contribution in [0.5, 0.6) is 0 Å². The van der Waals surface area contributed by atoms with Crippen LogP contribution in [0.3, 0.4) is 0 Å². The Balaban J connectivity index is 0. The highest BCUT2D eigenvalue weighted by molar-refractivity contribution is 5.85. The molecule has 74 valence electrons. The predicted octanol–water partition coefficient (Wildman–Crippen LogP) is 1.35. The maximum Gasteiger partial charge on any atom is 0.323 e. The molecule has 0 heterocycles. The van der Waals surface area contributed by atoms with Crippen LogP contribution in [0.4, 0.5) is 4.39 Å². The van der Waals surface area contributed by atoms with Gasteiger partial charge in [0.2, 0.25) is 0 Å². The number of carbonyl (C=O) groups is 1. The summed E-state index contributed by atoms with van der Waals surface area (Å²) in [5.74, 6) is -1.18. The van der Waals surface area contributed by atoms with Gasteiger partial charge in [0.25, 0.3) is 0 Å². The van der Waals surface area contributed by atoms with Crippen LogP contribution in [0.1, 0.15) is 27.2 Å². The molecule has 0 rings (SSSR count). The third-order valence-corrected chi connectivity index (χ3v) is 1.28. The number of halogens is 2. The molecule has 0 aliphatic heterocycles. The molecule has 3 N–H and O–H groups in total. The zero-order chi connectivity index (χ0) is 9.28. The van der Waals surface area contributed by atoms with Crippen LogP contribution >= 0.6 is 12.4 Å². The van der Waals surface area contributed by atoms with Gasteiger partial charge in [-0.2, -0.15) is 0 Å². The summed E-state index contributed by atoms with van der Waals surface area (Å²) in [5.41, 5.74) is 2.29. The molecule has 0 saturated heterocycles. The van der Waals surface area contributed by atoms with E-state index in [1.165, 1.54) is 20.8 Å². The average molecular weight is 200 g/mol. The number of carboxylic acid groups (broad SMARTS) is 1. The summed E-state index contributed by atoms with van der Waals surface area (Å²) in [6.07, 6.45) is -0.185. The lowest BCUT2D eigenvalue weighted by Crippen LogP contribution is -2.48. The minimum atomic E-state index is -1.54. The number of alkyl halides is 1. The lowest BCUT2D eigenvalue weighted by Gasteiger charge is -2.25. The van der Waals surface area contributed by atoms with Gasteiger partial charge in [-0.1, -0.05) is 0 Å². The van der Waals surface area contributed by atoms with E-state index in [0.29, 0.717) is 0 Å². The van der Waals surface area contributed by atoms with E-state index >= 15 is 0 Å². The summed E-state index contributed by atoms with van der Waals surface area (Å²) >= 11 is 0. The van der Waals surface area contributed by atoms with Crippen molar-refractivity contribution in [2.45, 2.75) is 38.4 Å². The van der Waals surface area contributed by atoms with Crippen molar-refractivity contribution >= 4 is 18.4 Å². The third kappa shape index (κ3) is 5.32. The zero-order valence-electron chi connectivity index (χ0n) is 7.43. The van der Waals surface area contributed by atoms with E-state index in [0.717, 1.165) is 0 Å². The van der Waals surface area contributed by atoms with Gasteiger partial charge in [0.1, 0.15) is 11.2 Å². The summed E-state index contributed by atoms with van der Waals surface area (Å²) in [4.78, 5) is 10.4. The summed E-state index contributed by atoms with van der Waals surface area (Å²) in [6.45, 7) is 3.92. The Bertz CT molecular complexity index is 165. The fourth-order valence-corrected chi connectivity index (χ4v) is 0.949. The lowest BCUT2D eigenvalue weighted by molar-refractivity contribution is -0.144. The molecule has 0 aromatic heterocycles. The topological polar surface area (TPSA) is 63.3 Å². The number of aliphatic carboxylic acids is 1. The Hall–Kier alpha value is -0.350. The van der Waals surface area contributed by atoms with Crippen molar-refractivity contribution in [1.82, 2.24) is 0 Å². The quantitative estimate of drug-likeness (QED) is 0.721. The summed E-state index contributed by atoms with van der Waals surface area (Å²) < 4.78 is 12.9. The van der Waals surface area contributed by atoms with Gasteiger partial charge in [-0.15, -0.1) is 12.4 Å². The van der Waals surface area contributed by atoms with Crippen molar-refractivity contribution in [3.05, 3.63) is 0 Å². The van der Waals surface area contributed by atoms with Gasteiger partial charge in [0, 0.05) is 6.42 Å². The molecule has 0 aliphatic carbocycles. The summed E-state index contributed by atoms with van der Waals surface area (Å²) in [7, 11) is 0. The Morgan fingerprint density at radius 1 is 1.50 bits per heavy atom. The number of hydrogen-bond acceptors (Lipinski definition) is 2. The smallest absolute Gasteiger partial charge is 0.323 e.